The summed E-state index contributed by atoms with van der Waals surface area (Å²) in [6.45, 7) is 2.11. The number of hydrogen-bond donors (Lipinski definition) is 1. The van der Waals surface area contributed by atoms with E-state index < -0.39 is 0 Å². The molecule has 2 heterocycles. The molecule has 2 rings (SSSR count). The summed E-state index contributed by atoms with van der Waals surface area (Å²) < 4.78 is 0. The zero-order chi connectivity index (χ0) is 12.8. The molecule has 3 nitrogen and oxygen atoms in total. The molecule has 2 aromatic heterocycles. The third-order valence-corrected chi connectivity index (χ3v) is 3.79. The van der Waals surface area contributed by atoms with Crippen molar-refractivity contribution in [3.8, 4) is 0 Å². The number of hydrogen-bond acceptors (Lipinski definition) is 4. The molecule has 2 N–H and O–H groups in total. The smallest absolute Gasteiger partial charge is 0.104 e. The van der Waals surface area contributed by atoms with Gasteiger partial charge >= 0.3 is 0 Å². The molecule has 0 saturated carbocycles. The van der Waals surface area contributed by atoms with Crippen LogP contribution in [-0.2, 0) is 6.42 Å². The highest BCUT2D eigenvalue weighted by atomic mass is 32.2. The minimum absolute atomic E-state index is 0.200. The molecular weight excluding hydrogens is 242 g/mol. The first-order valence-corrected chi connectivity index (χ1v) is 6.88. The molecule has 1 atom stereocenters. The van der Waals surface area contributed by atoms with Gasteiger partial charge in [-0.1, -0.05) is 24.8 Å². The van der Waals surface area contributed by atoms with Gasteiger partial charge in [0.2, 0.25) is 0 Å². The molecule has 1 unspecified atom stereocenters. The van der Waals surface area contributed by atoms with E-state index in [-0.39, 0.29) is 6.04 Å². The van der Waals surface area contributed by atoms with Crippen molar-refractivity contribution in [3.05, 3.63) is 48.4 Å². The fourth-order valence-corrected chi connectivity index (χ4v) is 2.49. The molecule has 0 fully saturated rings. The van der Waals surface area contributed by atoms with Crippen molar-refractivity contribution in [1.29, 1.82) is 0 Å². The molecule has 0 aliphatic heterocycles. The van der Waals surface area contributed by atoms with Crippen LogP contribution in [0.3, 0.4) is 0 Å². The minimum Gasteiger partial charge on any atom is -0.327 e. The Bertz CT molecular complexity index is 487. The van der Waals surface area contributed by atoms with E-state index in [0.29, 0.717) is 0 Å². The first-order valence-electron chi connectivity index (χ1n) is 6.07. The summed E-state index contributed by atoms with van der Waals surface area (Å²) in [5.74, 6) is 0. The Morgan fingerprint density at radius 3 is 2.72 bits per heavy atom. The van der Waals surface area contributed by atoms with Gasteiger partial charge in [-0.2, -0.15) is 0 Å². The van der Waals surface area contributed by atoms with Crippen molar-refractivity contribution < 1.29 is 0 Å². The van der Waals surface area contributed by atoms with Crippen LogP contribution < -0.4 is 5.73 Å². The van der Waals surface area contributed by atoms with Crippen LogP contribution in [0.25, 0.3) is 0 Å². The Morgan fingerprint density at radius 1 is 1.22 bits per heavy atom. The van der Waals surface area contributed by atoms with E-state index >= 15 is 0 Å². The van der Waals surface area contributed by atoms with Crippen molar-refractivity contribution in [2.45, 2.75) is 35.7 Å². The minimum atomic E-state index is 0.200. The number of pyridine rings is 2. The van der Waals surface area contributed by atoms with Gasteiger partial charge in [-0.15, -0.1) is 0 Å². The van der Waals surface area contributed by atoms with Crippen molar-refractivity contribution >= 4 is 11.8 Å². The Morgan fingerprint density at radius 2 is 2.00 bits per heavy atom. The highest BCUT2D eigenvalue weighted by molar-refractivity contribution is 7.99. The monoisotopic (exact) mass is 259 g/mol. The van der Waals surface area contributed by atoms with Gasteiger partial charge in [0.25, 0.3) is 0 Å². The highest BCUT2D eigenvalue weighted by Crippen LogP contribution is 2.28. The number of rotatable bonds is 5. The predicted molar refractivity (Wildman–Crippen MR) is 74.6 cm³/mol. The molecule has 0 bridgehead atoms. The summed E-state index contributed by atoms with van der Waals surface area (Å²) in [6, 6.07) is 8.25. The van der Waals surface area contributed by atoms with Crippen molar-refractivity contribution in [2.75, 3.05) is 0 Å². The first-order chi connectivity index (χ1) is 8.79. The van der Waals surface area contributed by atoms with Gasteiger partial charge in [0.15, 0.2) is 0 Å². The second-order valence-corrected chi connectivity index (χ2v) is 5.19. The third-order valence-electron chi connectivity index (χ3n) is 2.72. The van der Waals surface area contributed by atoms with Gasteiger partial charge in [0, 0.05) is 29.5 Å². The average Bonchev–Trinajstić information content (AvgIpc) is 2.42. The van der Waals surface area contributed by atoms with Gasteiger partial charge < -0.3 is 5.73 Å². The van der Waals surface area contributed by atoms with E-state index in [1.165, 1.54) is 5.56 Å². The number of aromatic nitrogens is 2. The quantitative estimate of drug-likeness (QED) is 0.897. The SMILES string of the molecule is CCC(N)Cc1cccnc1Sc1ccncc1. The molecular formula is C14H17N3S. The lowest BCUT2D eigenvalue weighted by molar-refractivity contribution is 0.637. The van der Waals surface area contributed by atoms with E-state index in [1.54, 1.807) is 24.2 Å². The van der Waals surface area contributed by atoms with Crippen LogP contribution >= 0.6 is 11.8 Å². The third kappa shape index (κ3) is 3.55. The maximum absolute atomic E-state index is 6.02. The van der Waals surface area contributed by atoms with Crippen LogP contribution in [0.2, 0.25) is 0 Å². The molecule has 0 aromatic carbocycles. The summed E-state index contributed by atoms with van der Waals surface area (Å²) in [5.41, 5.74) is 7.24. The molecule has 0 aliphatic carbocycles. The van der Waals surface area contributed by atoms with Crippen LogP contribution in [0.4, 0.5) is 0 Å². The summed E-state index contributed by atoms with van der Waals surface area (Å²) in [5, 5.41) is 1.03. The van der Waals surface area contributed by atoms with Crippen LogP contribution in [0.1, 0.15) is 18.9 Å². The van der Waals surface area contributed by atoms with Gasteiger partial charge in [-0.05, 0) is 36.6 Å². The van der Waals surface area contributed by atoms with E-state index in [4.69, 9.17) is 5.73 Å². The van der Waals surface area contributed by atoms with Crippen LogP contribution in [0, 0.1) is 0 Å². The predicted octanol–water partition coefficient (Wildman–Crippen LogP) is 2.91. The summed E-state index contributed by atoms with van der Waals surface area (Å²) >= 11 is 1.66. The topological polar surface area (TPSA) is 51.8 Å². The summed E-state index contributed by atoms with van der Waals surface area (Å²) in [4.78, 5) is 9.61. The molecule has 0 spiro atoms. The fourth-order valence-electron chi connectivity index (χ4n) is 1.62. The Balaban J connectivity index is 2.17. The second kappa shape index (κ2) is 6.52. The van der Waals surface area contributed by atoms with E-state index in [2.05, 4.69) is 23.0 Å². The lowest BCUT2D eigenvalue weighted by Crippen LogP contribution is -2.21. The summed E-state index contributed by atoms with van der Waals surface area (Å²) in [6.07, 6.45) is 7.27. The molecule has 0 amide bonds. The molecule has 0 aliphatic rings. The van der Waals surface area contributed by atoms with E-state index in [0.717, 1.165) is 22.8 Å². The Hall–Kier alpha value is -1.39. The largest absolute Gasteiger partial charge is 0.327 e. The Labute approximate surface area is 112 Å². The lowest BCUT2D eigenvalue weighted by Gasteiger charge is -2.11. The highest BCUT2D eigenvalue weighted by Gasteiger charge is 2.08. The molecule has 94 valence electrons. The molecule has 2 aromatic rings. The maximum Gasteiger partial charge on any atom is 0.104 e. The zero-order valence-electron chi connectivity index (χ0n) is 10.4. The van der Waals surface area contributed by atoms with Gasteiger partial charge in [-0.25, -0.2) is 4.98 Å². The summed E-state index contributed by atoms with van der Waals surface area (Å²) in [7, 11) is 0. The Kier molecular flexibility index (Phi) is 4.73. The molecule has 18 heavy (non-hydrogen) atoms. The van der Waals surface area contributed by atoms with Crippen molar-refractivity contribution in [2.24, 2.45) is 5.73 Å². The van der Waals surface area contributed by atoms with Crippen LogP contribution in [-0.4, -0.2) is 16.0 Å². The maximum atomic E-state index is 6.02. The average molecular weight is 259 g/mol. The van der Waals surface area contributed by atoms with E-state index in [1.807, 2.05) is 24.4 Å². The normalized spacial score (nSPS) is 12.3. The van der Waals surface area contributed by atoms with Crippen LogP contribution in [0.5, 0.6) is 0 Å². The first kappa shape index (κ1) is 13.1. The number of nitrogens with zero attached hydrogens (tertiary/aromatic N) is 2. The van der Waals surface area contributed by atoms with Gasteiger partial charge in [-0.3, -0.25) is 4.98 Å². The molecule has 0 saturated heterocycles. The zero-order valence-corrected chi connectivity index (χ0v) is 11.2. The lowest BCUT2D eigenvalue weighted by atomic mass is 10.1. The standard InChI is InChI=1S/C14H17N3S/c1-2-12(15)10-11-4-3-7-17-14(11)18-13-5-8-16-9-6-13/h3-9,12H,2,10,15H2,1H3. The van der Waals surface area contributed by atoms with Crippen molar-refractivity contribution in [3.63, 3.8) is 0 Å². The molecule has 4 heteroatoms. The second-order valence-electron chi connectivity index (χ2n) is 4.13. The van der Waals surface area contributed by atoms with Crippen LogP contribution in [0.15, 0.2) is 52.8 Å². The van der Waals surface area contributed by atoms with Crippen molar-refractivity contribution in [1.82, 2.24) is 9.97 Å². The number of nitrogens with two attached hydrogens (primary N) is 1. The van der Waals surface area contributed by atoms with Gasteiger partial charge in [0.05, 0.1) is 0 Å². The molecule has 0 radical (unpaired) electrons. The van der Waals surface area contributed by atoms with E-state index in [9.17, 15) is 0 Å². The fraction of sp³-hybridized carbons (Fsp3) is 0.286. The van der Waals surface area contributed by atoms with Gasteiger partial charge in [0.1, 0.15) is 5.03 Å².